The molecule has 0 aromatic carbocycles. The van der Waals surface area contributed by atoms with Gasteiger partial charge in [0, 0.05) is 11.4 Å². The highest BCUT2D eigenvalue weighted by Gasteiger charge is 2.19. The molecular weight excluding hydrogens is 234 g/mol. The summed E-state index contributed by atoms with van der Waals surface area (Å²) in [4.78, 5) is 14.9. The maximum atomic E-state index is 10.7. The van der Waals surface area contributed by atoms with E-state index in [1.54, 1.807) is 17.8 Å². The molecule has 92 valence electrons. The number of nitrogens with zero attached hydrogens (tertiary/aromatic N) is 1. The second kappa shape index (κ2) is 5.54. The molecule has 4 heteroatoms. The Kier molecular flexibility index (Phi) is 4.05. The minimum absolute atomic E-state index is 0.256. The van der Waals surface area contributed by atoms with Crippen LogP contribution in [0.5, 0.6) is 0 Å². The fourth-order valence-corrected chi connectivity index (χ4v) is 3.20. The van der Waals surface area contributed by atoms with Crippen molar-refractivity contribution in [2.45, 2.75) is 42.9 Å². The van der Waals surface area contributed by atoms with Crippen LogP contribution in [0.2, 0.25) is 0 Å². The molecule has 0 aliphatic heterocycles. The molecule has 0 bridgehead atoms. The van der Waals surface area contributed by atoms with Gasteiger partial charge in [-0.05, 0) is 43.7 Å². The average Bonchev–Trinajstić information content (AvgIpc) is 2.33. The van der Waals surface area contributed by atoms with Crippen LogP contribution in [-0.2, 0) is 0 Å². The van der Waals surface area contributed by atoms with E-state index in [0.29, 0.717) is 5.25 Å². The van der Waals surface area contributed by atoms with E-state index in [1.807, 2.05) is 6.07 Å². The van der Waals surface area contributed by atoms with E-state index in [4.69, 9.17) is 5.11 Å². The van der Waals surface area contributed by atoms with E-state index in [9.17, 15) is 4.79 Å². The molecule has 0 amide bonds. The van der Waals surface area contributed by atoms with Crippen molar-refractivity contribution in [3.8, 4) is 0 Å². The number of carboxylic acids is 1. The summed E-state index contributed by atoms with van der Waals surface area (Å²) in [6.07, 6.45) is 6.52. The molecule has 3 nitrogen and oxygen atoms in total. The topological polar surface area (TPSA) is 50.2 Å². The normalized spacial score (nSPS) is 24.5. The van der Waals surface area contributed by atoms with Gasteiger partial charge in [0.15, 0.2) is 0 Å². The first-order valence-corrected chi connectivity index (χ1v) is 6.89. The lowest BCUT2D eigenvalue weighted by Crippen LogP contribution is -2.14. The fraction of sp³-hybridized carbons (Fsp3) is 0.538. The molecule has 0 saturated heterocycles. The van der Waals surface area contributed by atoms with Crippen molar-refractivity contribution >= 4 is 17.7 Å². The largest absolute Gasteiger partial charge is 0.478 e. The lowest BCUT2D eigenvalue weighted by Gasteiger charge is -2.25. The second-order valence-electron chi connectivity index (χ2n) is 4.69. The molecule has 17 heavy (non-hydrogen) atoms. The zero-order valence-electron chi connectivity index (χ0n) is 9.93. The summed E-state index contributed by atoms with van der Waals surface area (Å²) in [5, 5.41) is 10.4. The molecule has 1 N–H and O–H groups in total. The van der Waals surface area contributed by atoms with E-state index in [2.05, 4.69) is 11.9 Å². The van der Waals surface area contributed by atoms with E-state index in [-0.39, 0.29) is 5.56 Å². The minimum Gasteiger partial charge on any atom is -0.478 e. The van der Waals surface area contributed by atoms with E-state index >= 15 is 0 Å². The first-order valence-electron chi connectivity index (χ1n) is 6.01. The van der Waals surface area contributed by atoms with Gasteiger partial charge in [0.25, 0.3) is 0 Å². The van der Waals surface area contributed by atoms with Crippen LogP contribution in [0.15, 0.2) is 23.4 Å². The van der Waals surface area contributed by atoms with Crippen molar-refractivity contribution in [1.82, 2.24) is 4.98 Å². The van der Waals surface area contributed by atoms with Gasteiger partial charge < -0.3 is 5.11 Å². The fourth-order valence-electron chi connectivity index (χ4n) is 2.09. The number of aromatic nitrogens is 1. The molecule has 0 unspecified atom stereocenters. The van der Waals surface area contributed by atoms with Crippen LogP contribution in [0, 0.1) is 5.92 Å². The van der Waals surface area contributed by atoms with Crippen molar-refractivity contribution in [1.29, 1.82) is 0 Å². The third-order valence-corrected chi connectivity index (χ3v) is 4.52. The highest BCUT2D eigenvalue weighted by molar-refractivity contribution is 7.99. The van der Waals surface area contributed by atoms with Crippen LogP contribution >= 0.6 is 11.8 Å². The first-order chi connectivity index (χ1) is 8.15. The summed E-state index contributed by atoms with van der Waals surface area (Å²) < 4.78 is 0. The number of carboxylic acid groups (broad SMARTS) is 1. The summed E-state index contributed by atoms with van der Waals surface area (Å²) in [7, 11) is 0. The molecule has 0 spiro atoms. The summed E-state index contributed by atoms with van der Waals surface area (Å²) in [5.41, 5.74) is 0.256. The molecule has 1 heterocycles. The van der Waals surface area contributed by atoms with Crippen LogP contribution in [0.4, 0.5) is 0 Å². The Morgan fingerprint density at radius 1 is 1.35 bits per heavy atom. The molecule has 1 aromatic heterocycles. The maximum Gasteiger partial charge on any atom is 0.337 e. The quantitative estimate of drug-likeness (QED) is 0.894. The molecule has 1 aromatic rings. The van der Waals surface area contributed by atoms with Crippen LogP contribution < -0.4 is 0 Å². The molecule has 1 aliphatic carbocycles. The summed E-state index contributed by atoms with van der Waals surface area (Å²) >= 11 is 1.78. The van der Waals surface area contributed by atoms with E-state index < -0.39 is 5.97 Å². The number of hydrogen-bond acceptors (Lipinski definition) is 3. The smallest absolute Gasteiger partial charge is 0.337 e. The van der Waals surface area contributed by atoms with E-state index in [0.717, 1.165) is 10.9 Å². The highest BCUT2D eigenvalue weighted by atomic mass is 32.2. The number of aromatic carboxylic acids is 1. The number of thioether (sulfide) groups is 1. The van der Waals surface area contributed by atoms with Gasteiger partial charge in [-0.3, -0.25) is 0 Å². The van der Waals surface area contributed by atoms with Gasteiger partial charge in [-0.15, -0.1) is 11.8 Å². The lowest BCUT2D eigenvalue weighted by atomic mass is 9.91. The summed E-state index contributed by atoms with van der Waals surface area (Å²) in [6.45, 7) is 2.31. The minimum atomic E-state index is -0.916. The van der Waals surface area contributed by atoms with Crippen molar-refractivity contribution in [2.24, 2.45) is 5.92 Å². The van der Waals surface area contributed by atoms with Crippen LogP contribution in [0.1, 0.15) is 43.0 Å². The Hall–Kier alpha value is -1.03. The van der Waals surface area contributed by atoms with Crippen LogP contribution in [0.25, 0.3) is 0 Å². The lowest BCUT2D eigenvalue weighted by molar-refractivity contribution is 0.0696. The van der Waals surface area contributed by atoms with Crippen LogP contribution in [-0.4, -0.2) is 21.3 Å². The Balaban J connectivity index is 1.92. The standard InChI is InChI=1S/C13H17NO2S/c1-9-2-5-11(6-3-9)17-12-7-4-10(8-14-12)13(15)16/h4,7-9,11H,2-3,5-6H2,1H3,(H,15,16). The first kappa shape index (κ1) is 12.4. The molecule has 1 aliphatic rings. The predicted molar refractivity (Wildman–Crippen MR) is 68.5 cm³/mol. The summed E-state index contributed by atoms with van der Waals surface area (Å²) in [6, 6.07) is 3.44. The van der Waals surface area contributed by atoms with Crippen molar-refractivity contribution in [2.75, 3.05) is 0 Å². The molecule has 0 atom stereocenters. The maximum absolute atomic E-state index is 10.7. The van der Waals surface area contributed by atoms with E-state index in [1.165, 1.54) is 31.9 Å². The van der Waals surface area contributed by atoms with Gasteiger partial charge in [0.05, 0.1) is 10.6 Å². The number of pyridine rings is 1. The van der Waals surface area contributed by atoms with Crippen molar-refractivity contribution in [3.05, 3.63) is 23.9 Å². The SMILES string of the molecule is CC1CCC(Sc2ccc(C(=O)O)cn2)CC1. The van der Waals surface area contributed by atoms with Gasteiger partial charge in [-0.25, -0.2) is 9.78 Å². The monoisotopic (exact) mass is 251 g/mol. The highest BCUT2D eigenvalue weighted by Crippen LogP contribution is 2.34. The Bertz CT molecular complexity index is 383. The molecule has 2 rings (SSSR count). The molecular formula is C13H17NO2S. The molecule has 1 fully saturated rings. The molecule has 0 radical (unpaired) electrons. The van der Waals surface area contributed by atoms with Gasteiger partial charge in [0.1, 0.15) is 0 Å². The number of rotatable bonds is 3. The van der Waals surface area contributed by atoms with Gasteiger partial charge >= 0.3 is 5.97 Å². The molecule has 1 saturated carbocycles. The third kappa shape index (κ3) is 3.46. The number of carbonyl (C=O) groups is 1. The summed E-state index contributed by atoms with van der Waals surface area (Å²) in [5.74, 6) is -0.0604. The van der Waals surface area contributed by atoms with Gasteiger partial charge in [-0.1, -0.05) is 6.92 Å². The zero-order valence-corrected chi connectivity index (χ0v) is 10.7. The second-order valence-corrected chi connectivity index (χ2v) is 6.01. The average molecular weight is 251 g/mol. The Labute approximate surface area is 106 Å². The van der Waals surface area contributed by atoms with Crippen LogP contribution in [0.3, 0.4) is 0 Å². The van der Waals surface area contributed by atoms with Crippen molar-refractivity contribution < 1.29 is 9.90 Å². The van der Waals surface area contributed by atoms with Crippen molar-refractivity contribution in [3.63, 3.8) is 0 Å². The Morgan fingerprint density at radius 2 is 2.06 bits per heavy atom. The van der Waals surface area contributed by atoms with Gasteiger partial charge in [-0.2, -0.15) is 0 Å². The Morgan fingerprint density at radius 3 is 2.59 bits per heavy atom. The number of hydrogen-bond donors (Lipinski definition) is 1. The zero-order chi connectivity index (χ0) is 12.3. The third-order valence-electron chi connectivity index (χ3n) is 3.23. The predicted octanol–water partition coefficient (Wildman–Crippen LogP) is 3.45. The van der Waals surface area contributed by atoms with Gasteiger partial charge in [0.2, 0.25) is 0 Å².